The minimum Gasteiger partial charge on any atom is -0.352 e. The first kappa shape index (κ1) is 17.1. The number of carbonyl (C=O) groups excluding carboxylic acids is 2. The fraction of sp³-hybridized carbons (Fsp3) is 0.300. The summed E-state index contributed by atoms with van der Waals surface area (Å²) in [5, 5.41) is 6.22. The molecule has 134 valence electrons. The lowest BCUT2D eigenvalue weighted by Crippen LogP contribution is -2.45. The number of fused-ring (bicyclic) bond motifs is 1. The number of nitrogens with zero attached hydrogens (tertiary/aromatic N) is 1. The van der Waals surface area contributed by atoms with Gasteiger partial charge in [0.15, 0.2) is 0 Å². The van der Waals surface area contributed by atoms with E-state index in [4.69, 9.17) is 0 Å². The van der Waals surface area contributed by atoms with E-state index < -0.39 is 0 Å². The SMILES string of the molecule is O=C(NCC1c2ccccc2C(=O)N1Cc1ccccc1)C1CSCN1. The van der Waals surface area contributed by atoms with E-state index in [0.29, 0.717) is 13.1 Å². The topological polar surface area (TPSA) is 61.4 Å². The Kier molecular flexibility index (Phi) is 4.95. The Morgan fingerprint density at radius 2 is 1.92 bits per heavy atom. The molecule has 4 rings (SSSR count). The van der Waals surface area contributed by atoms with Gasteiger partial charge in [-0.25, -0.2) is 0 Å². The molecular formula is C20H21N3O2S. The van der Waals surface area contributed by atoms with E-state index >= 15 is 0 Å². The summed E-state index contributed by atoms with van der Waals surface area (Å²) < 4.78 is 0. The Hall–Kier alpha value is -2.31. The zero-order valence-corrected chi connectivity index (χ0v) is 15.2. The van der Waals surface area contributed by atoms with E-state index in [9.17, 15) is 9.59 Å². The maximum absolute atomic E-state index is 12.9. The number of amides is 2. The van der Waals surface area contributed by atoms with Crippen LogP contribution >= 0.6 is 11.8 Å². The summed E-state index contributed by atoms with van der Waals surface area (Å²) in [7, 11) is 0. The summed E-state index contributed by atoms with van der Waals surface area (Å²) >= 11 is 1.72. The molecule has 0 bridgehead atoms. The van der Waals surface area contributed by atoms with Gasteiger partial charge < -0.3 is 10.2 Å². The molecule has 2 aliphatic heterocycles. The molecule has 2 aromatic rings. The van der Waals surface area contributed by atoms with Crippen LogP contribution in [0.5, 0.6) is 0 Å². The van der Waals surface area contributed by atoms with Crippen molar-refractivity contribution in [3.05, 3.63) is 71.3 Å². The van der Waals surface area contributed by atoms with Crippen molar-refractivity contribution in [2.45, 2.75) is 18.6 Å². The van der Waals surface area contributed by atoms with Gasteiger partial charge in [0.1, 0.15) is 0 Å². The third-order valence-electron chi connectivity index (χ3n) is 4.89. The number of nitrogens with one attached hydrogen (secondary N) is 2. The van der Waals surface area contributed by atoms with Gasteiger partial charge in [0.25, 0.3) is 5.91 Å². The third-order valence-corrected chi connectivity index (χ3v) is 5.83. The predicted octanol–water partition coefficient (Wildman–Crippen LogP) is 2.16. The molecule has 2 heterocycles. The lowest BCUT2D eigenvalue weighted by Gasteiger charge is -2.26. The van der Waals surface area contributed by atoms with Crippen molar-refractivity contribution in [3.63, 3.8) is 0 Å². The lowest BCUT2D eigenvalue weighted by atomic mass is 10.0. The summed E-state index contributed by atoms with van der Waals surface area (Å²) in [4.78, 5) is 27.1. The Balaban J connectivity index is 1.53. The van der Waals surface area contributed by atoms with Crippen LogP contribution in [0.4, 0.5) is 0 Å². The van der Waals surface area contributed by atoms with Crippen molar-refractivity contribution >= 4 is 23.6 Å². The average Bonchev–Trinajstić information content (AvgIpc) is 3.30. The number of thioether (sulfide) groups is 1. The molecule has 2 aromatic carbocycles. The number of rotatable bonds is 5. The zero-order valence-electron chi connectivity index (χ0n) is 14.4. The molecule has 0 radical (unpaired) electrons. The maximum atomic E-state index is 12.9. The van der Waals surface area contributed by atoms with Gasteiger partial charge >= 0.3 is 0 Å². The molecule has 0 saturated carbocycles. The van der Waals surface area contributed by atoms with Crippen LogP contribution in [0.15, 0.2) is 54.6 Å². The fourth-order valence-electron chi connectivity index (χ4n) is 3.51. The summed E-state index contributed by atoms with van der Waals surface area (Å²) in [5.74, 6) is 1.63. The molecule has 1 fully saturated rings. The quantitative estimate of drug-likeness (QED) is 0.850. The number of benzene rings is 2. The standard InChI is InChI=1S/C20H21N3O2S/c24-19(17-12-26-13-22-17)21-10-18-15-8-4-5-9-16(15)20(25)23(18)11-14-6-2-1-3-7-14/h1-9,17-18,22H,10-13H2,(H,21,24). The van der Waals surface area contributed by atoms with E-state index in [1.165, 1.54) is 0 Å². The summed E-state index contributed by atoms with van der Waals surface area (Å²) in [6.45, 7) is 0.962. The number of carbonyl (C=O) groups is 2. The Labute approximate surface area is 157 Å². The zero-order chi connectivity index (χ0) is 17.9. The van der Waals surface area contributed by atoms with Gasteiger partial charge in [-0.05, 0) is 17.2 Å². The van der Waals surface area contributed by atoms with E-state index in [1.807, 2.05) is 59.5 Å². The fourth-order valence-corrected chi connectivity index (χ4v) is 4.45. The minimum atomic E-state index is -0.144. The maximum Gasteiger partial charge on any atom is 0.255 e. The normalized spacial score (nSPS) is 21.7. The van der Waals surface area contributed by atoms with Crippen LogP contribution in [0.1, 0.15) is 27.5 Å². The highest BCUT2D eigenvalue weighted by Gasteiger charge is 2.36. The van der Waals surface area contributed by atoms with Crippen molar-refractivity contribution < 1.29 is 9.59 Å². The van der Waals surface area contributed by atoms with Gasteiger partial charge in [0, 0.05) is 30.3 Å². The molecule has 2 atom stereocenters. The highest BCUT2D eigenvalue weighted by Crippen LogP contribution is 2.34. The molecule has 2 aliphatic rings. The average molecular weight is 367 g/mol. The van der Waals surface area contributed by atoms with Crippen LogP contribution in [-0.2, 0) is 11.3 Å². The largest absolute Gasteiger partial charge is 0.352 e. The van der Waals surface area contributed by atoms with Gasteiger partial charge in [-0.1, -0.05) is 48.5 Å². The van der Waals surface area contributed by atoms with Crippen LogP contribution in [-0.4, -0.2) is 40.9 Å². The van der Waals surface area contributed by atoms with Gasteiger partial charge in [0.05, 0.1) is 12.1 Å². The van der Waals surface area contributed by atoms with Crippen LogP contribution in [0.25, 0.3) is 0 Å². The van der Waals surface area contributed by atoms with Crippen molar-refractivity contribution in [3.8, 4) is 0 Å². The first-order chi connectivity index (χ1) is 12.7. The first-order valence-electron chi connectivity index (χ1n) is 8.76. The molecule has 1 saturated heterocycles. The molecule has 2 N–H and O–H groups in total. The lowest BCUT2D eigenvalue weighted by molar-refractivity contribution is -0.122. The van der Waals surface area contributed by atoms with Crippen molar-refractivity contribution in [2.24, 2.45) is 0 Å². The van der Waals surface area contributed by atoms with Crippen LogP contribution in [0.2, 0.25) is 0 Å². The Morgan fingerprint density at radius 1 is 1.15 bits per heavy atom. The molecule has 6 heteroatoms. The number of hydrogen-bond donors (Lipinski definition) is 2. The van der Waals surface area contributed by atoms with E-state index in [0.717, 1.165) is 28.3 Å². The van der Waals surface area contributed by atoms with E-state index in [-0.39, 0.29) is 23.9 Å². The molecule has 0 spiro atoms. The third kappa shape index (κ3) is 3.34. The van der Waals surface area contributed by atoms with Crippen molar-refractivity contribution in [1.29, 1.82) is 0 Å². The van der Waals surface area contributed by atoms with Gasteiger partial charge in [0.2, 0.25) is 5.91 Å². The Morgan fingerprint density at radius 3 is 2.69 bits per heavy atom. The molecule has 5 nitrogen and oxygen atoms in total. The molecule has 26 heavy (non-hydrogen) atoms. The monoisotopic (exact) mass is 367 g/mol. The highest BCUT2D eigenvalue weighted by atomic mass is 32.2. The van der Waals surface area contributed by atoms with Gasteiger partial charge in [-0.3, -0.25) is 14.9 Å². The first-order valence-corrected chi connectivity index (χ1v) is 9.92. The molecule has 0 aliphatic carbocycles. The van der Waals surface area contributed by atoms with Gasteiger partial charge in [-0.15, -0.1) is 11.8 Å². The van der Waals surface area contributed by atoms with Crippen LogP contribution in [0.3, 0.4) is 0 Å². The molecular weight excluding hydrogens is 346 g/mol. The molecule has 2 unspecified atom stereocenters. The second-order valence-electron chi connectivity index (χ2n) is 6.54. The van der Waals surface area contributed by atoms with Crippen molar-refractivity contribution in [2.75, 3.05) is 18.2 Å². The molecule has 2 amide bonds. The summed E-state index contributed by atoms with van der Waals surface area (Å²) in [6.07, 6.45) is 0. The molecule has 0 aromatic heterocycles. The smallest absolute Gasteiger partial charge is 0.255 e. The van der Waals surface area contributed by atoms with E-state index in [1.54, 1.807) is 11.8 Å². The van der Waals surface area contributed by atoms with Crippen molar-refractivity contribution in [1.82, 2.24) is 15.5 Å². The second kappa shape index (κ2) is 7.51. The summed E-state index contributed by atoms with van der Waals surface area (Å²) in [5.41, 5.74) is 2.80. The Bertz CT molecular complexity index is 806. The second-order valence-corrected chi connectivity index (χ2v) is 7.57. The highest BCUT2D eigenvalue weighted by molar-refractivity contribution is 7.99. The number of hydrogen-bond acceptors (Lipinski definition) is 4. The summed E-state index contributed by atoms with van der Waals surface area (Å²) in [6, 6.07) is 17.4. The minimum absolute atomic E-state index is 0.00601. The van der Waals surface area contributed by atoms with Gasteiger partial charge in [-0.2, -0.15) is 0 Å². The van der Waals surface area contributed by atoms with Crippen LogP contribution < -0.4 is 10.6 Å². The van der Waals surface area contributed by atoms with Crippen LogP contribution in [0, 0.1) is 0 Å². The predicted molar refractivity (Wildman–Crippen MR) is 103 cm³/mol. The van der Waals surface area contributed by atoms with E-state index in [2.05, 4.69) is 10.6 Å².